The van der Waals surface area contributed by atoms with Gasteiger partial charge in [0.1, 0.15) is 0 Å². The Balaban J connectivity index is 1.83. The average molecular weight is 286 g/mol. The van der Waals surface area contributed by atoms with E-state index in [0.717, 1.165) is 48.9 Å². The molecule has 0 aliphatic carbocycles. The minimum Gasteiger partial charge on any atom is -0.372 e. The van der Waals surface area contributed by atoms with Crippen LogP contribution in [0.4, 0.5) is 0 Å². The van der Waals surface area contributed by atoms with Crippen LogP contribution < -0.4 is 5.32 Å². The largest absolute Gasteiger partial charge is 0.372 e. The van der Waals surface area contributed by atoms with Gasteiger partial charge in [0.25, 0.3) is 0 Å². The monoisotopic (exact) mass is 285 g/mol. The van der Waals surface area contributed by atoms with Crippen molar-refractivity contribution in [1.29, 1.82) is 0 Å². The van der Waals surface area contributed by atoms with Gasteiger partial charge in [-0.3, -0.25) is 4.68 Å². The molecule has 0 saturated carbocycles. The van der Waals surface area contributed by atoms with Gasteiger partial charge >= 0.3 is 0 Å². The van der Waals surface area contributed by atoms with Crippen molar-refractivity contribution >= 4 is 11.6 Å². The van der Waals surface area contributed by atoms with Gasteiger partial charge in [0, 0.05) is 6.54 Å². The fraction of sp³-hybridized carbons (Fsp3) is 0.786. The maximum Gasteiger partial charge on any atom is 0.0844 e. The molecule has 1 aromatic rings. The van der Waals surface area contributed by atoms with Gasteiger partial charge < -0.3 is 10.1 Å². The molecule has 2 atom stereocenters. The minimum atomic E-state index is 0.266. The Morgan fingerprint density at radius 2 is 2.11 bits per heavy atom. The zero-order valence-electron chi connectivity index (χ0n) is 12.1. The second-order valence-corrected chi connectivity index (χ2v) is 5.71. The van der Waals surface area contributed by atoms with Crippen LogP contribution in [-0.2, 0) is 11.3 Å². The Kier molecular flexibility index (Phi) is 5.25. The SMILES string of the molecule is CCCNCC1CCC(Cn2nc(C)c(Cl)c2C)O1. The molecule has 1 saturated heterocycles. The Morgan fingerprint density at radius 3 is 2.74 bits per heavy atom. The summed E-state index contributed by atoms with van der Waals surface area (Å²) in [6, 6.07) is 0. The lowest BCUT2D eigenvalue weighted by Crippen LogP contribution is -2.28. The number of rotatable bonds is 6. The molecule has 5 heteroatoms. The van der Waals surface area contributed by atoms with E-state index in [1.54, 1.807) is 0 Å². The van der Waals surface area contributed by atoms with Gasteiger partial charge in [0.05, 0.1) is 35.2 Å². The van der Waals surface area contributed by atoms with Crippen LogP contribution in [0.25, 0.3) is 0 Å². The zero-order valence-corrected chi connectivity index (χ0v) is 12.8. The van der Waals surface area contributed by atoms with Gasteiger partial charge in [-0.05, 0) is 39.7 Å². The van der Waals surface area contributed by atoms with E-state index >= 15 is 0 Å². The van der Waals surface area contributed by atoms with Crippen LogP contribution in [0, 0.1) is 13.8 Å². The quantitative estimate of drug-likeness (QED) is 0.817. The average Bonchev–Trinajstić information content (AvgIpc) is 2.92. The van der Waals surface area contributed by atoms with Crippen LogP contribution in [0.3, 0.4) is 0 Å². The molecule has 0 spiro atoms. The fourth-order valence-corrected chi connectivity index (χ4v) is 2.69. The van der Waals surface area contributed by atoms with E-state index in [1.165, 1.54) is 6.42 Å². The second-order valence-electron chi connectivity index (χ2n) is 5.33. The van der Waals surface area contributed by atoms with Crippen LogP contribution >= 0.6 is 11.6 Å². The van der Waals surface area contributed by atoms with Crippen LogP contribution in [0.5, 0.6) is 0 Å². The number of nitrogens with zero attached hydrogens (tertiary/aromatic N) is 2. The molecule has 0 amide bonds. The summed E-state index contributed by atoms with van der Waals surface area (Å²) in [5.74, 6) is 0. The highest BCUT2D eigenvalue weighted by atomic mass is 35.5. The lowest BCUT2D eigenvalue weighted by molar-refractivity contribution is 0.0339. The number of halogens is 1. The molecule has 1 aromatic heterocycles. The van der Waals surface area contributed by atoms with Gasteiger partial charge in [-0.25, -0.2) is 0 Å². The second kappa shape index (κ2) is 6.73. The summed E-state index contributed by atoms with van der Waals surface area (Å²) in [4.78, 5) is 0. The fourth-order valence-electron chi connectivity index (χ4n) is 2.55. The van der Waals surface area contributed by atoms with Crippen molar-refractivity contribution in [2.75, 3.05) is 13.1 Å². The number of aryl methyl sites for hydroxylation is 1. The summed E-state index contributed by atoms with van der Waals surface area (Å²) in [5, 5.41) is 8.66. The molecule has 0 bridgehead atoms. The third-order valence-electron chi connectivity index (χ3n) is 3.66. The summed E-state index contributed by atoms with van der Waals surface area (Å²) < 4.78 is 8.03. The standard InChI is InChI=1S/C14H24ClN3O/c1-4-7-16-8-12-5-6-13(19-12)9-18-11(3)14(15)10(2)17-18/h12-13,16H,4-9H2,1-3H3. The number of aromatic nitrogens is 2. The molecule has 1 N–H and O–H groups in total. The van der Waals surface area contributed by atoms with Crippen LogP contribution in [-0.4, -0.2) is 35.1 Å². The van der Waals surface area contributed by atoms with Crippen molar-refractivity contribution in [1.82, 2.24) is 15.1 Å². The molecule has 1 aliphatic heterocycles. The highest BCUT2D eigenvalue weighted by Crippen LogP contribution is 2.24. The third kappa shape index (κ3) is 3.71. The van der Waals surface area contributed by atoms with E-state index in [2.05, 4.69) is 17.3 Å². The van der Waals surface area contributed by atoms with Gasteiger partial charge in [-0.15, -0.1) is 0 Å². The van der Waals surface area contributed by atoms with E-state index < -0.39 is 0 Å². The first-order valence-electron chi connectivity index (χ1n) is 7.17. The first-order valence-corrected chi connectivity index (χ1v) is 7.55. The maximum absolute atomic E-state index is 6.16. The Morgan fingerprint density at radius 1 is 1.37 bits per heavy atom. The lowest BCUT2D eigenvalue weighted by atomic mass is 10.2. The van der Waals surface area contributed by atoms with Gasteiger partial charge in [0.2, 0.25) is 0 Å². The van der Waals surface area contributed by atoms with Gasteiger partial charge in [0.15, 0.2) is 0 Å². The molecule has 108 valence electrons. The number of hydrogen-bond acceptors (Lipinski definition) is 3. The maximum atomic E-state index is 6.16. The Labute approximate surface area is 120 Å². The molecule has 1 aliphatic rings. The van der Waals surface area contributed by atoms with Crippen molar-refractivity contribution in [2.45, 2.75) is 58.8 Å². The summed E-state index contributed by atoms with van der Waals surface area (Å²) in [5.41, 5.74) is 1.94. The van der Waals surface area contributed by atoms with Gasteiger partial charge in [-0.1, -0.05) is 18.5 Å². The van der Waals surface area contributed by atoms with E-state index in [9.17, 15) is 0 Å². The molecule has 4 nitrogen and oxygen atoms in total. The van der Waals surface area contributed by atoms with Crippen molar-refractivity contribution in [3.8, 4) is 0 Å². The first-order chi connectivity index (χ1) is 9.11. The first kappa shape index (κ1) is 14.8. The zero-order chi connectivity index (χ0) is 13.8. The van der Waals surface area contributed by atoms with E-state index in [0.29, 0.717) is 6.10 Å². The molecular formula is C14H24ClN3O. The summed E-state index contributed by atoms with van der Waals surface area (Å²) in [6.07, 6.45) is 4.02. The Hall–Kier alpha value is -0.580. The molecule has 2 heterocycles. The molecule has 2 unspecified atom stereocenters. The van der Waals surface area contributed by atoms with E-state index in [1.807, 2.05) is 18.5 Å². The normalized spacial score (nSPS) is 23.2. The summed E-state index contributed by atoms with van der Waals surface area (Å²) >= 11 is 6.16. The van der Waals surface area contributed by atoms with E-state index in [-0.39, 0.29) is 6.10 Å². The van der Waals surface area contributed by atoms with Crippen LogP contribution in [0.2, 0.25) is 5.02 Å². The highest BCUT2D eigenvalue weighted by Gasteiger charge is 2.26. The summed E-state index contributed by atoms with van der Waals surface area (Å²) in [6.45, 7) is 8.97. The van der Waals surface area contributed by atoms with Crippen LogP contribution in [0.15, 0.2) is 0 Å². The number of hydrogen-bond donors (Lipinski definition) is 1. The van der Waals surface area contributed by atoms with Crippen molar-refractivity contribution in [3.63, 3.8) is 0 Å². The number of ether oxygens (including phenoxy) is 1. The molecular weight excluding hydrogens is 262 g/mol. The molecule has 19 heavy (non-hydrogen) atoms. The van der Waals surface area contributed by atoms with Gasteiger partial charge in [-0.2, -0.15) is 5.10 Å². The molecule has 0 aromatic carbocycles. The molecule has 0 radical (unpaired) electrons. The van der Waals surface area contributed by atoms with Crippen molar-refractivity contribution in [3.05, 3.63) is 16.4 Å². The van der Waals surface area contributed by atoms with Crippen molar-refractivity contribution < 1.29 is 4.74 Å². The smallest absolute Gasteiger partial charge is 0.0844 e. The molecule has 2 rings (SSSR count). The molecule has 1 fully saturated rings. The van der Waals surface area contributed by atoms with E-state index in [4.69, 9.17) is 16.3 Å². The Bertz CT molecular complexity index is 419. The summed E-state index contributed by atoms with van der Waals surface area (Å²) in [7, 11) is 0. The van der Waals surface area contributed by atoms with Crippen LogP contribution in [0.1, 0.15) is 37.6 Å². The predicted octanol–water partition coefficient (Wildman–Crippen LogP) is 2.70. The highest BCUT2D eigenvalue weighted by molar-refractivity contribution is 6.31. The topological polar surface area (TPSA) is 39.1 Å². The predicted molar refractivity (Wildman–Crippen MR) is 77.8 cm³/mol. The van der Waals surface area contributed by atoms with Crippen molar-refractivity contribution in [2.24, 2.45) is 0 Å². The number of nitrogens with one attached hydrogen (secondary N) is 1. The third-order valence-corrected chi connectivity index (χ3v) is 4.21. The lowest BCUT2D eigenvalue weighted by Gasteiger charge is -2.15. The minimum absolute atomic E-state index is 0.266.